The van der Waals surface area contributed by atoms with Gasteiger partial charge in [-0.1, -0.05) is 6.58 Å². The summed E-state index contributed by atoms with van der Waals surface area (Å²) < 4.78 is 9.26. The first kappa shape index (κ1) is 13.4. The largest absolute Gasteiger partial charge is 0.479 e. The predicted octanol–water partition coefficient (Wildman–Crippen LogP) is 1.02. The number of hydrogen-bond acceptors (Lipinski definition) is 5. The van der Waals surface area contributed by atoms with Gasteiger partial charge in [-0.3, -0.25) is 0 Å². The molecule has 0 aliphatic heterocycles. The van der Waals surface area contributed by atoms with E-state index in [9.17, 15) is 14.4 Å². The SMILES string of the molecule is C=CC(=O)Oc1ccc(C(=O)OCC(=O)O)cc1. The Morgan fingerprint density at radius 3 is 2.33 bits per heavy atom. The van der Waals surface area contributed by atoms with Crippen molar-refractivity contribution in [2.24, 2.45) is 0 Å². The average molecular weight is 250 g/mol. The highest BCUT2D eigenvalue weighted by atomic mass is 16.6. The summed E-state index contributed by atoms with van der Waals surface area (Å²) in [5.41, 5.74) is 0.162. The van der Waals surface area contributed by atoms with E-state index in [-0.39, 0.29) is 11.3 Å². The van der Waals surface area contributed by atoms with Crippen molar-refractivity contribution in [2.45, 2.75) is 0 Å². The topological polar surface area (TPSA) is 89.9 Å². The lowest BCUT2D eigenvalue weighted by molar-refractivity contribution is -0.140. The van der Waals surface area contributed by atoms with Gasteiger partial charge in [-0.25, -0.2) is 14.4 Å². The van der Waals surface area contributed by atoms with Crippen molar-refractivity contribution in [1.29, 1.82) is 0 Å². The number of ether oxygens (including phenoxy) is 2. The van der Waals surface area contributed by atoms with Crippen molar-refractivity contribution in [2.75, 3.05) is 6.61 Å². The number of benzene rings is 1. The van der Waals surface area contributed by atoms with Crippen LogP contribution in [0.1, 0.15) is 10.4 Å². The zero-order valence-corrected chi connectivity index (χ0v) is 9.29. The lowest BCUT2D eigenvalue weighted by atomic mass is 10.2. The zero-order valence-electron chi connectivity index (χ0n) is 9.29. The predicted molar refractivity (Wildman–Crippen MR) is 60.2 cm³/mol. The summed E-state index contributed by atoms with van der Waals surface area (Å²) in [6.45, 7) is 2.54. The van der Waals surface area contributed by atoms with Gasteiger partial charge in [-0.2, -0.15) is 0 Å². The molecule has 1 aromatic carbocycles. The molecule has 0 amide bonds. The molecule has 1 N–H and O–H groups in total. The van der Waals surface area contributed by atoms with Crippen LogP contribution in [-0.2, 0) is 14.3 Å². The minimum Gasteiger partial charge on any atom is -0.479 e. The molecule has 94 valence electrons. The quantitative estimate of drug-likeness (QED) is 0.476. The fourth-order valence-corrected chi connectivity index (χ4v) is 1.03. The van der Waals surface area contributed by atoms with Crippen molar-refractivity contribution in [3.63, 3.8) is 0 Å². The summed E-state index contributed by atoms with van der Waals surface area (Å²) >= 11 is 0. The van der Waals surface area contributed by atoms with Gasteiger partial charge < -0.3 is 14.6 Å². The van der Waals surface area contributed by atoms with Crippen molar-refractivity contribution >= 4 is 17.9 Å². The Bertz CT molecular complexity index is 474. The summed E-state index contributed by atoms with van der Waals surface area (Å²) in [6, 6.07) is 5.49. The van der Waals surface area contributed by atoms with Crippen LogP contribution in [0, 0.1) is 0 Å². The summed E-state index contributed by atoms with van der Waals surface area (Å²) in [4.78, 5) is 32.4. The van der Waals surface area contributed by atoms with Gasteiger partial charge in [-0.15, -0.1) is 0 Å². The molecule has 0 aliphatic carbocycles. The number of carboxylic acids is 1. The molecule has 0 bridgehead atoms. The minimum atomic E-state index is -1.24. The van der Waals surface area contributed by atoms with Crippen LogP contribution >= 0.6 is 0 Å². The molecule has 0 saturated heterocycles. The monoisotopic (exact) mass is 250 g/mol. The Hall–Kier alpha value is -2.63. The Morgan fingerprint density at radius 2 is 1.83 bits per heavy atom. The highest BCUT2D eigenvalue weighted by Crippen LogP contribution is 2.13. The molecular formula is C12H10O6. The average Bonchev–Trinajstić information content (AvgIpc) is 2.36. The summed E-state index contributed by atoms with van der Waals surface area (Å²) in [5, 5.41) is 8.34. The number of carbonyl (C=O) groups is 3. The van der Waals surface area contributed by atoms with Crippen LogP contribution < -0.4 is 4.74 Å². The maximum atomic E-state index is 11.3. The highest BCUT2D eigenvalue weighted by Gasteiger charge is 2.09. The zero-order chi connectivity index (χ0) is 13.5. The Morgan fingerprint density at radius 1 is 1.22 bits per heavy atom. The Balaban J connectivity index is 2.64. The normalized spacial score (nSPS) is 9.33. The number of carboxylic acid groups (broad SMARTS) is 1. The standard InChI is InChI=1S/C12H10O6/c1-2-11(15)18-9-5-3-8(4-6-9)12(16)17-7-10(13)14/h2-6H,1,7H2,(H,13,14). The first-order valence-corrected chi connectivity index (χ1v) is 4.86. The number of aliphatic carboxylic acids is 1. The van der Waals surface area contributed by atoms with E-state index in [1.807, 2.05) is 0 Å². The molecule has 0 heterocycles. The Kier molecular flexibility index (Phi) is 4.62. The third-order valence-corrected chi connectivity index (χ3v) is 1.80. The van der Waals surface area contributed by atoms with E-state index in [0.717, 1.165) is 6.08 Å². The van der Waals surface area contributed by atoms with E-state index in [2.05, 4.69) is 11.3 Å². The van der Waals surface area contributed by atoms with E-state index in [0.29, 0.717) is 0 Å². The van der Waals surface area contributed by atoms with Gasteiger partial charge in [0.2, 0.25) is 0 Å². The molecule has 0 radical (unpaired) electrons. The molecule has 0 aliphatic rings. The van der Waals surface area contributed by atoms with Gasteiger partial charge >= 0.3 is 17.9 Å². The molecule has 0 atom stereocenters. The van der Waals surface area contributed by atoms with E-state index in [1.54, 1.807) is 0 Å². The molecule has 6 nitrogen and oxygen atoms in total. The van der Waals surface area contributed by atoms with Crippen LogP contribution in [-0.4, -0.2) is 29.6 Å². The second-order valence-corrected chi connectivity index (χ2v) is 3.12. The molecule has 0 spiro atoms. The van der Waals surface area contributed by atoms with Crippen molar-refractivity contribution in [3.05, 3.63) is 42.5 Å². The second-order valence-electron chi connectivity index (χ2n) is 3.12. The number of hydrogen-bond donors (Lipinski definition) is 1. The number of carbonyl (C=O) groups excluding carboxylic acids is 2. The first-order chi connectivity index (χ1) is 8.52. The molecule has 0 fully saturated rings. The Labute approximate surface area is 102 Å². The molecule has 1 rings (SSSR count). The van der Waals surface area contributed by atoms with Gasteiger partial charge in [0, 0.05) is 6.08 Å². The van der Waals surface area contributed by atoms with Gasteiger partial charge in [0.15, 0.2) is 6.61 Å². The van der Waals surface area contributed by atoms with E-state index in [4.69, 9.17) is 9.84 Å². The van der Waals surface area contributed by atoms with Crippen molar-refractivity contribution in [1.82, 2.24) is 0 Å². The second kappa shape index (κ2) is 6.19. The van der Waals surface area contributed by atoms with Crippen LogP contribution in [0.3, 0.4) is 0 Å². The lowest BCUT2D eigenvalue weighted by Gasteiger charge is -2.03. The first-order valence-electron chi connectivity index (χ1n) is 4.86. The molecule has 0 saturated carbocycles. The van der Waals surface area contributed by atoms with Gasteiger partial charge in [0.1, 0.15) is 5.75 Å². The van der Waals surface area contributed by atoms with Gasteiger partial charge in [-0.05, 0) is 24.3 Å². The maximum absolute atomic E-state index is 11.3. The van der Waals surface area contributed by atoms with Crippen LogP contribution in [0.5, 0.6) is 5.75 Å². The number of rotatable bonds is 5. The minimum absolute atomic E-state index is 0.162. The molecule has 1 aromatic rings. The highest BCUT2D eigenvalue weighted by molar-refractivity contribution is 5.91. The molecule has 0 aromatic heterocycles. The third-order valence-electron chi connectivity index (χ3n) is 1.80. The van der Waals surface area contributed by atoms with E-state index < -0.39 is 24.5 Å². The van der Waals surface area contributed by atoms with E-state index in [1.165, 1.54) is 24.3 Å². The van der Waals surface area contributed by atoms with Crippen molar-refractivity contribution in [3.8, 4) is 5.75 Å². The lowest BCUT2D eigenvalue weighted by Crippen LogP contribution is -2.13. The smallest absolute Gasteiger partial charge is 0.341 e. The van der Waals surface area contributed by atoms with Crippen LogP contribution in [0.4, 0.5) is 0 Å². The summed E-state index contributed by atoms with van der Waals surface area (Å²) in [7, 11) is 0. The third kappa shape index (κ3) is 4.09. The maximum Gasteiger partial charge on any atom is 0.341 e. The summed E-state index contributed by atoms with van der Waals surface area (Å²) in [5.74, 6) is -2.37. The molecular weight excluding hydrogens is 240 g/mol. The molecule has 0 unspecified atom stereocenters. The van der Waals surface area contributed by atoms with Crippen LogP contribution in [0.2, 0.25) is 0 Å². The van der Waals surface area contributed by atoms with Gasteiger partial charge in [0.05, 0.1) is 5.56 Å². The van der Waals surface area contributed by atoms with Crippen LogP contribution in [0.15, 0.2) is 36.9 Å². The van der Waals surface area contributed by atoms with Crippen LogP contribution in [0.25, 0.3) is 0 Å². The fraction of sp³-hybridized carbons (Fsp3) is 0.0833. The number of esters is 2. The van der Waals surface area contributed by atoms with E-state index >= 15 is 0 Å². The molecule has 6 heteroatoms. The van der Waals surface area contributed by atoms with Gasteiger partial charge in [0.25, 0.3) is 0 Å². The molecule has 18 heavy (non-hydrogen) atoms. The summed E-state index contributed by atoms with van der Waals surface area (Å²) in [6.07, 6.45) is 1.01. The fourth-order valence-electron chi connectivity index (χ4n) is 1.03. The van der Waals surface area contributed by atoms with Crippen molar-refractivity contribution < 1.29 is 29.0 Å².